The first kappa shape index (κ1) is 19.5. The number of anilines is 2. The van der Waals surface area contributed by atoms with Crippen molar-refractivity contribution < 1.29 is 9.47 Å². The lowest BCUT2D eigenvalue weighted by atomic mass is 9.50. The van der Waals surface area contributed by atoms with Gasteiger partial charge in [-0.05, 0) is 122 Å². The van der Waals surface area contributed by atoms with E-state index in [1.165, 1.54) is 37.7 Å². The molecule has 32 heavy (non-hydrogen) atoms. The second-order valence-corrected chi connectivity index (χ2v) is 10.00. The molecule has 3 aromatic rings. The normalized spacial score (nSPS) is 27.9. The molecule has 4 bridgehead atoms. The van der Waals surface area contributed by atoms with E-state index in [4.69, 9.17) is 20.9 Å². The summed E-state index contributed by atoms with van der Waals surface area (Å²) in [6.45, 7) is 0. The van der Waals surface area contributed by atoms with Gasteiger partial charge in [0.25, 0.3) is 0 Å². The lowest BCUT2D eigenvalue weighted by molar-refractivity contribution is -0.00337. The van der Waals surface area contributed by atoms with Gasteiger partial charge in [-0.25, -0.2) is 0 Å². The minimum atomic E-state index is 0.581. The summed E-state index contributed by atoms with van der Waals surface area (Å²) in [4.78, 5) is 0. The highest BCUT2D eigenvalue weighted by Crippen LogP contribution is 2.61. The highest BCUT2D eigenvalue weighted by Gasteiger charge is 2.49. The van der Waals surface area contributed by atoms with Crippen molar-refractivity contribution in [2.24, 2.45) is 23.7 Å². The van der Waals surface area contributed by atoms with Gasteiger partial charge in [-0.3, -0.25) is 0 Å². The van der Waals surface area contributed by atoms with Gasteiger partial charge in [0.2, 0.25) is 0 Å². The Bertz CT molecular complexity index is 1080. The average molecular weight is 427 g/mol. The predicted molar refractivity (Wildman–Crippen MR) is 128 cm³/mol. The van der Waals surface area contributed by atoms with Gasteiger partial charge in [0.1, 0.15) is 23.0 Å². The fraction of sp³-hybridized carbons (Fsp3) is 0.357. The summed E-state index contributed by atoms with van der Waals surface area (Å²) in [5.74, 6) is 7.28. The standard InChI is InChI=1S/C28H30N2O2/c29-21-1-5-23(6-2-21)31-25-9-10-26(27(16-25)32-24-7-3-22(30)4-8-24)28-19-12-17-11-18(14-19)15-20(28)13-17/h1-10,16-20,28H,11-15,29-30H2. The molecule has 3 aromatic carbocycles. The summed E-state index contributed by atoms with van der Waals surface area (Å²) in [6.07, 6.45) is 6.97. The molecule has 4 nitrogen and oxygen atoms in total. The summed E-state index contributed by atoms with van der Waals surface area (Å²) >= 11 is 0. The fourth-order valence-corrected chi connectivity index (χ4v) is 6.71. The Kier molecular flexibility index (Phi) is 4.74. The molecular formula is C28H30N2O2. The van der Waals surface area contributed by atoms with Crippen LogP contribution in [0, 0.1) is 23.7 Å². The summed E-state index contributed by atoms with van der Waals surface area (Å²) < 4.78 is 12.6. The summed E-state index contributed by atoms with van der Waals surface area (Å²) in [6, 6.07) is 21.5. The van der Waals surface area contributed by atoms with E-state index in [0.29, 0.717) is 5.92 Å². The van der Waals surface area contributed by atoms with Crippen LogP contribution in [0.25, 0.3) is 0 Å². The smallest absolute Gasteiger partial charge is 0.134 e. The Balaban J connectivity index is 1.35. The van der Waals surface area contributed by atoms with Crippen molar-refractivity contribution in [2.75, 3.05) is 11.5 Å². The van der Waals surface area contributed by atoms with Gasteiger partial charge in [0.05, 0.1) is 0 Å². The largest absolute Gasteiger partial charge is 0.457 e. The van der Waals surface area contributed by atoms with Gasteiger partial charge in [-0.15, -0.1) is 0 Å². The molecule has 164 valence electrons. The molecule has 0 radical (unpaired) electrons. The minimum absolute atomic E-state index is 0.581. The molecule has 0 spiro atoms. The summed E-state index contributed by atoms with van der Waals surface area (Å²) in [5.41, 5.74) is 14.5. The summed E-state index contributed by atoms with van der Waals surface area (Å²) in [7, 11) is 0. The number of ether oxygens (including phenoxy) is 2. The van der Waals surface area contributed by atoms with Gasteiger partial charge in [-0.1, -0.05) is 6.07 Å². The first-order chi connectivity index (χ1) is 15.6. The molecule has 4 aliphatic carbocycles. The van der Waals surface area contributed by atoms with E-state index in [0.717, 1.165) is 58.0 Å². The van der Waals surface area contributed by atoms with Gasteiger partial charge in [0, 0.05) is 17.4 Å². The van der Waals surface area contributed by atoms with E-state index in [2.05, 4.69) is 12.1 Å². The number of rotatable bonds is 5. The minimum Gasteiger partial charge on any atom is -0.457 e. The SMILES string of the molecule is Nc1ccc(Oc2ccc(C3C4CC5CC(C4)CC3C5)c(Oc3ccc(N)cc3)c2)cc1. The number of hydrogen-bond acceptors (Lipinski definition) is 4. The molecule has 0 atom stereocenters. The van der Waals surface area contributed by atoms with E-state index in [1.807, 2.05) is 54.6 Å². The molecule has 0 saturated heterocycles. The van der Waals surface area contributed by atoms with Crippen molar-refractivity contribution >= 4 is 11.4 Å². The lowest BCUT2D eigenvalue weighted by Gasteiger charge is -2.54. The zero-order valence-electron chi connectivity index (χ0n) is 18.2. The molecule has 7 rings (SSSR count). The Labute approximate surface area is 189 Å². The molecule has 0 aliphatic heterocycles. The third-order valence-electron chi connectivity index (χ3n) is 7.79. The molecule has 0 aromatic heterocycles. The third-order valence-corrected chi connectivity index (χ3v) is 7.79. The Morgan fingerprint density at radius 3 is 1.62 bits per heavy atom. The van der Waals surface area contributed by atoms with Crippen molar-refractivity contribution in [1.82, 2.24) is 0 Å². The predicted octanol–water partition coefficient (Wildman–Crippen LogP) is 6.98. The van der Waals surface area contributed by atoms with Crippen LogP contribution < -0.4 is 20.9 Å². The Morgan fingerprint density at radius 2 is 1.06 bits per heavy atom. The maximum Gasteiger partial charge on any atom is 0.134 e. The van der Waals surface area contributed by atoms with E-state index in [1.54, 1.807) is 0 Å². The molecule has 4 aliphatic rings. The Morgan fingerprint density at radius 1 is 0.562 bits per heavy atom. The maximum atomic E-state index is 6.46. The lowest BCUT2D eigenvalue weighted by Crippen LogP contribution is -2.43. The van der Waals surface area contributed by atoms with Crippen LogP contribution in [-0.2, 0) is 0 Å². The highest BCUT2D eigenvalue weighted by atomic mass is 16.5. The van der Waals surface area contributed by atoms with Gasteiger partial charge < -0.3 is 20.9 Å². The number of nitrogens with two attached hydrogens (primary N) is 2. The summed E-state index contributed by atoms with van der Waals surface area (Å²) in [5, 5.41) is 0. The zero-order chi connectivity index (χ0) is 21.7. The molecule has 4 saturated carbocycles. The second kappa shape index (κ2) is 7.77. The molecule has 0 heterocycles. The van der Waals surface area contributed by atoms with Crippen LogP contribution in [0.4, 0.5) is 11.4 Å². The fourth-order valence-electron chi connectivity index (χ4n) is 6.71. The van der Waals surface area contributed by atoms with E-state index in [-0.39, 0.29) is 0 Å². The molecule has 0 amide bonds. The highest BCUT2D eigenvalue weighted by molar-refractivity contribution is 5.50. The van der Waals surface area contributed by atoms with Crippen LogP contribution in [0.2, 0.25) is 0 Å². The number of hydrogen-bond donors (Lipinski definition) is 2. The zero-order valence-corrected chi connectivity index (χ0v) is 18.2. The third kappa shape index (κ3) is 3.68. The quantitative estimate of drug-likeness (QED) is 0.432. The number of nitrogen functional groups attached to an aromatic ring is 2. The first-order valence-corrected chi connectivity index (χ1v) is 11.8. The number of benzene rings is 3. The van der Waals surface area contributed by atoms with E-state index < -0.39 is 0 Å². The molecule has 4 fully saturated rings. The van der Waals surface area contributed by atoms with Gasteiger partial charge in [0.15, 0.2) is 0 Å². The van der Waals surface area contributed by atoms with Crippen LogP contribution in [0.1, 0.15) is 43.6 Å². The van der Waals surface area contributed by atoms with Crippen LogP contribution in [-0.4, -0.2) is 0 Å². The maximum absolute atomic E-state index is 6.46. The van der Waals surface area contributed by atoms with Gasteiger partial charge >= 0.3 is 0 Å². The first-order valence-electron chi connectivity index (χ1n) is 11.8. The Hall–Kier alpha value is -3.14. The van der Waals surface area contributed by atoms with Crippen LogP contribution in [0.5, 0.6) is 23.0 Å². The monoisotopic (exact) mass is 426 g/mol. The average Bonchev–Trinajstić information content (AvgIpc) is 2.77. The van der Waals surface area contributed by atoms with Crippen molar-refractivity contribution in [3.8, 4) is 23.0 Å². The van der Waals surface area contributed by atoms with Crippen LogP contribution in [0.15, 0.2) is 66.7 Å². The van der Waals surface area contributed by atoms with Crippen molar-refractivity contribution in [3.63, 3.8) is 0 Å². The van der Waals surface area contributed by atoms with Crippen LogP contribution >= 0.6 is 0 Å². The molecule has 0 unspecified atom stereocenters. The van der Waals surface area contributed by atoms with Crippen molar-refractivity contribution in [1.29, 1.82) is 0 Å². The molecule has 4 heteroatoms. The topological polar surface area (TPSA) is 70.5 Å². The van der Waals surface area contributed by atoms with E-state index in [9.17, 15) is 0 Å². The van der Waals surface area contributed by atoms with Crippen LogP contribution in [0.3, 0.4) is 0 Å². The second-order valence-electron chi connectivity index (χ2n) is 10.00. The van der Waals surface area contributed by atoms with Gasteiger partial charge in [-0.2, -0.15) is 0 Å². The molecule has 4 N–H and O–H groups in total. The van der Waals surface area contributed by atoms with Crippen molar-refractivity contribution in [3.05, 3.63) is 72.3 Å². The van der Waals surface area contributed by atoms with E-state index >= 15 is 0 Å². The van der Waals surface area contributed by atoms with Crippen molar-refractivity contribution in [2.45, 2.75) is 38.0 Å². The molecular weight excluding hydrogens is 396 g/mol.